The molecule has 0 N–H and O–H groups in total. The molecule has 0 aromatic rings. The van der Waals surface area contributed by atoms with Gasteiger partial charge in [-0.05, 0) is 34.6 Å². The lowest BCUT2D eigenvalue weighted by atomic mass is 10.3. The molecule has 4 heteroatoms. The summed E-state index contributed by atoms with van der Waals surface area (Å²) in [5, 5.41) is 0. The van der Waals surface area contributed by atoms with Crippen molar-refractivity contribution in [2.75, 3.05) is 0 Å². The molecule has 13 heavy (non-hydrogen) atoms. The van der Waals surface area contributed by atoms with E-state index in [0.29, 0.717) is 0 Å². The van der Waals surface area contributed by atoms with Crippen LogP contribution >= 0.6 is 0 Å². The third-order valence-electron chi connectivity index (χ3n) is 2.17. The summed E-state index contributed by atoms with van der Waals surface area (Å²) in [6.45, 7) is 9.26. The van der Waals surface area contributed by atoms with Gasteiger partial charge in [0.15, 0.2) is 5.78 Å². The maximum absolute atomic E-state index is 11.8. The highest BCUT2D eigenvalue weighted by molar-refractivity contribution is 7.90. The quantitative estimate of drug-likeness (QED) is 0.499. The van der Waals surface area contributed by atoms with Gasteiger partial charge in [0.2, 0.25) is 0 Å². The zero-order valence-corrected chi connectivity index (χ0v) is 9.64. The Morgan fingerprint density at radius 2 is 1.92 bits per heavy atom. The molecule has 0 amide bonds. The maximum Gasteiger partial charge on any atom is 0.153 e. The molecule has 76 valence electrons. The second-order valence-corrected chi connectivity index (χ2v) is 6.66. The number of carbonyl (C=O) groups excluding carboxylic acids is 1. The number of Topliss-reactive ketones (excluding diaryl/α,β-unsaturated/α-hetero) is 1. The summed E-state index contributed by atoms with van der Waals surface area (Å²) in [7, 11) is 0. The van der Waals surface area contributed by atoms with E-state index < -0.39 is 11.4 Å². The molecule has 3 nitrogen and oxygen atoms in total. The number of nitrogens with zero attached hydrogens (tertiary/aromatic N) is 1. The van der Waals surface area contributed by atoms with Crippen LogP contribution in [0.4, 0.5) is 0 Å². The fraction of sp³-hybridized carbons (Fsp3) is 0.889. The third-order valence-corrected chi connectivity index (χ3v) is 4.16. The molecule has 0 aromatic heterocycles. The number of hydrogen-bond donors (Lipinski definition) is 0. The molecule has 0 saturated carbocycles. The number of carbonyl (C=O) groups is 1. The lowest BCUT2D eigenvalue weighted by molar-refractivity contribution is -0.117. The van der Waals surface area contributed by atoms with E-state index in [9.17, 15) is 9.35 Å². The Morgan fingerprint density at radius 1 is 1.46 bits per heavy atom. The first-order valence-electron chi connectivity index (χ1n) is 4.47. The lowest BCUT2D eigenvalue weighted by Gasteiger charge is -2.24. The Morgan fingerprint density at radius 3 is 2.15 bits per heavy atom. The summed E-state index contributed by atoms with van der Waals surface area (Å²) < 4.78 is 13.4. The summed E-state index contributed by atoms with van der Waals surface area (Å²) in [4.78, 5) is 11.1. The van der Waals surface area contributed by atoms with Crippen molar-refractivity contribution in [2.24, 2.45) is 0 Å². The molecule has 4 atom stereocenters. The highest BCUT2D eigenvalue weighted by Gasteiger charge is 2.58. The van der Waals surface area contributed by atoms with Gasteiger partial charge < -0.3 is 4.55 Å². The van der Waals surface area contributed by atoms with E-state index in [1.165, 1.54) is 0 Å². The fourth-order valence-corrected chi connectivity index (χ4v) is 2.94. The van der Waals surface area contributed by atoms with Crippen LogP contribution in [0.3, 0.4) is 0 Å². The highest BCUT2D eigenvalue weighted by atomic mass is 32.2. The van der Waals surface area contributed by atoms with Gasteiger partial charge in [-0.15, -0.1) is 4.31 Å². The van der Waals surface area contributed by atoms with Crippen molar-refractivity contribution < 1.29 is 9.35 Å². The molecule has 1 rings (SSSR count). The first-order chi connectivity index (χ1) is 5.76. The molecule has 0 spiro atoms. The zero-order valence-electron chi connectivity index (χ0n) is 8.83. The van der Waals surface area contributed by atoms with Crippen molar-refractivity contribution in [1.29, 1.82) is 0 Å². The topological polar surface area (TPSA) is 43.1 Å². The average molecular weight is 203 g/mol. The molecule has 1 saturated heterocycles. The number of ketones is 1. The van der Waals surface area contributed by atoms with Crippen molar-refractivity contribution in [3.8, 4) is 0 Å². The molecular weight excluding hydrogens is 186 g/mol. The normalized spacial score (nSPS) is 35.7. The van der Waals surface area contributed by atoms with Crippen molar-refractivity contribution in [3.63, 3.8) is 0 Å². The van der Waals surface area contributed by atoms with Crippen LogP contribution in [0.1, 0.15) is 34.6 Å². The number of rotatable bonds is 2. The van der Waals surface area contributed by atoms with Crippen LogP contribution in [0.25, 0.3) is 0 Å². The predicted molar refractivity (Wildman–Crippen MR) is 53.7 cm³/mol. The van der Waals surface area contributed by atoms with E-state index in [4.69, 9.17) is 0 Å². The average Bonchev–Trinajstić information content (AvgIpc) is 2.57. The highest BCUT2D eigenvalue weighted by Crippen LogP contribution is 2.37. The third kappa shape index (κ3) is 2.06. The van der Waals surface area contributed by atoms with Crippen LogP contribution in [0.5, 0.6) is 0 Å². The van der Waals surface area contributed by atoms with Gasteiger partial charge in [0.25, 0.3) is 0 Å². The molecule has 1 fully saturated rings. The van der Waals surface area contributed by atoms with E-state index in [1.807, 2.05) is 27.7 Å². The second-order valence-electron chi connectivity index (χ2n) is 4.52. The Bertz CT molecular complexity index is 224. The summed E-state index contributed by atoms with van der Waals surface area (Å²) in [5.41, 5.74) is 0. The predicted octanol–water partition coefficient (Wildman–Crippen LogP) is 1.11. The molecule has 1 heterocycles. The van der Waals surface area contributed by atoms with Crippen molar-refractivity contribution in [2.45, 2.75) is 51.4 Å². The van der Waals surface area contributed by atoms with E-state index in [-0.39, 0.29) is 22.6 Å². The summed E-state index contributed by atoms with van der Waals surface area (Å²) in [6.07, 6.45) is 0. The van der Waals surface area contributed by atoms with Crippen molar-refractivity contribution >= 4 is 17.1 Å². The van der Waals surface area contributed by atoms with Gasteiger partial charge in [-0.1, -0.05) is 0 Å². The van der Waals surface area contributed by atoms with Crippen molar-refractivity contribution in [3.05, 3.63) is 0 Å². The summed E-state index contributed by atoms with van der Waals surface area (Å²) in [5.74, 6) is 0.116. The van der Waals surface area contributed by atoms with Crippen LogP contribution in [0.15, 0.2) is 0 Å². The molecule has 0 aliphatic carbocycles. The lowest BCUT2D eigenvalue weighted by Crippen LogP contribution is -2.35. The van der Waals surface area contributed by atoms with E-state index in [2.05, 4.69) is 0 Å². The molecule has 0 radical (unpaired) electrons. The largest absolute Gasteiger partial charge is 0.597 e. The van der Waals surface area contributed by atoms with Gasteiger partial charge in [0.1, 0.15) is 10.8 Å². The van der Waals surface area contributed by atoms with Gasteiger partial charge >= 0.3 is 0 Å². The Balaban J connectivity index is 2.63. The molecule has 1 unspecified atom stereocenters. The van der Waals surface area contributed by atoms with Crippen LogP contribution in [0.2, 0.25) is 0 Å². The van der Waals surface area contributed by atoms with Crippen molar-refractivity contribution in [1.82, 2.24) is 4.31 Å². The van der Waals surface area contributed by atoms with Crippen LogP contribution in [-0.2, 0) is 16.2 Å². The Kier molecular flexibility index (Phi) is 2.76. The van der Waals surface area contributed by atoms with Gasteiger partial charge in [-0.3, -0.25) is 4.79 Å². The summed E-state index contributed by atoms with van der Waals surface area (Å²) in [6, 6.07) is 0.0395. The fourth-order valence-electron chi connectivity index (χ4n) is 1.41. The van der Waals surface area contributed by atoms with Gasteiger partial charge in [-0.25, -0.2) is 0 Å². The minimum atomic E-state index is -1.05. The van der Waals surface area contributed by atoms with E-state index >= 15 is 0 Å². The molecule has 1 aliphatic heterocycles. The molecule has 1 aliphatic rings. The van der Waals surface area contributed by atoms with E-state index in [0.717, 1.165) is 0 Å². The minimum Gasteiger partial charge on any atom is -0.597 e. The van der Waals surface area contributed by atoms with E-state index in [1.54, 1.807) is 11.2 Å². The SMILES string of the molecule is CC(=O)[C@@H]1[C@H](C)N1[S@@+]([O-])C(C)(C)C. The second kappa shape index (κ2) is 3.26. The Hall–Kier alpha value is -0.0600. The Labute approximate surface area is 82.8 Å². The monoisotopic (exact) mass is 203 g/mol. The molecule has 0 aromatic carbocycles. The van der Waals surface area contributed by atoms with Gasteiger partial charge in [-0.2, -0.15) is 0 Å². The summed E-state index contributed by atoms with van der Waals surface area (Å²) >= 11 is -1.05. The molecular formula is C9H17NO2S. The van der Waals surface area contributed by atoms with Crippen LogP contribution < -0.4 is 0 Å². The first-order valence-corrected chi connectivity index (χ1v) is 5.58. The minimum absolute atomic E-state index is 0.111. The maximum atomic E-state index is 11.8. The zero-order chi connectivity index (χ0) is 10.4. The molecule has 0 bridgehead atoms. The number of hydrogen-bond acceptors (Lipinski definition) is 3. The van der Waals surface area contributed by atoms with Gasteiger partial charge in [0, 0.05) is 11.4 Å². The van der Waals surface area contributed by atoms with Crippen LogP contribution in [0, 0.1) is 0 Å². The van der Waals surface area contributed by atoms with Gasteiger partial charge in [0.05, 0.1) is 6.04 Å². The standard InChI is InChI=1S/C9H17NO2S/c1-6-8(7(2)11)10(6)13(12)9(3,4)5/h6,8H,1-5H3/t6-,8-,10?,13-/m0/s1. The smallest absolute Gasteiger partial charge is 0.153 e. The van der Waals surface area contributed by atoms with Crippen LogP contribution in [-0.4, -0.2) is 31.5 Å². The first kappa shape index (κ1) is 11.0.